The quantitative estimate of drug-likeness (QED) is 0.472. The molecule has 0 radical (unpaired) electrons. The number of hydrogen-bond donors (Lipinski definition) is 1. The molecule has 32 heavy (non-hydrogen) atoms. The molecule has 0 atom stereocenters. The van der Waals surface area contributed by atoms with Gasteiger partial charge in [0.1, 0.15) is 5.60 Å². The molecule has 168 valence electrons. The van der Waals surface area contributed by atoms with E-state index in [0.29, 0.717) is 16.8 Å². The van der Waals surface area contributed by atoms with Gasteiger partial charge in [-0.3, -0.25) is 15.0 Å². The molecule has 0 saturated carbocycles. The summed E-state index contributed by atoms with van der Waals surface area (Å²) in [7, 11) is 0. The van der Waals surface area contributed by atoms with Gasteiger partial charge < -0.3 is 9.84 Å². The number of carbonyl (C=O) groups excluding carboxylic acids is 1. The summed E-state index contributed by atoms with van der Waals surface area (Å²) in [6, 6.07) is 9.01. The van der Waals surface area contributed by atoms with Crippen LogP contribution in [0.5, 0.6) is 0 Å². The van der Waals surface area contributed by atoms with Crippen molar-refractivity contribution in [1.29, 1.82) is 0 Å². The third-order valence-electron chi connectivity index (χ3n) is 5.14. The Morgan fingerprint density at radius 1 is 1.09 bits per heavy atom. The molecule has 1 heterocycles. The standard InChI is InChI=1S/C24H26N2O6/c1-14-13-24(5,6)25(22(29)32-23(2,3)4)20-10-7-15(11-18(14)20)17-9-8-16(26(30)31)12-19(17)21(27)28/h7-13H,1-6H3,(H,27,28). The number of nitro groups is 1. The fourth-order valence-corrected chi connectivity index (χ4v) is 3.91. The van der Waals surface area contributed by atoms with E-state index >= 15 is 0 Å². The highest BCUT2D eigenvalue weighted by molar-refractivity contribution is 6.00. The van der Waals surface area contributed by atoms with Gasteiger partial charge >= 0.3 is 12.1 Å². The Hall–Kier alpha value is -3.68. The Kier molecular flexibility index (Phi) is 5.59. The maximum Gasteiger partial charge on any atom is 0.415 e. The van der Waals surface area contributed by atoms with Crippen LogP contribution < -0.4 is 4.90 Å². The van der Waals surface area contributed by atoms with E-state index in [1.54, 1.807) is 43.9 Å². The molecule has 0 unspecified atom stereocenters. The minimum atomic E-state index is -1.26. The number of nitrogens with zero attached hydrogens (tertiary/aromatic N) is 2. The van der Waals surface area contributed by atoms with E-state index in [-0.39, 0.29) is 11.3 Å². The Morgan fingerprint density at radius 2 is 1.75 bits per heavy atom. The second-order valence-electron chi connectivity index (χ2n) is 9.32. The number of nitro benzene ring substituents is 1. The van der Waals surface area contributed by atoms with Crippen LogP contribution >= 0.6 is 0 Å². The lowest BCUT2D eigenvalue weighted by atomic mass is 9.87. The van der Waals surface area contributed by atoms with Crippen LogP contribution in [0.1, 0.15) is 57.5 Å². The molecule has 8 nitrogen and oxygen atoms in total. The van der Waals surface area contributed by atoms with Gasteiger partial charge in [0.15, 0.2) is 0 Å². The number of rotatable bonds is 3. The molecule has 0 saturated heterocycles. The number of ether oxygens (including phenoxy) is 1. The minimum Gasteiger partial charge on any atom is -0.478 e. The predicted octanol–water partition coefficient (Wildman–Crippen LogP) is 5.90. The number of allylic oxidation sites excluding steroid dienone is 1. The van der Waals surface area contributed by atoms with Crippen LogP contribution in [-0.2, 0) is 4.74 Å². The lowest BCUT2D eigenvalue weighted by molar-refractivity contribution is -0.384. The average Bonchev–Trinajstić information content (AvgIpc) is 2.65. The largest absolute Gasteiger partial charge is 0.478 e. The first-order valence-corrected chi connectivity index (χ1v) is 10.1. The number of carboxylic acid groups (broad SMARTS) is 1. The van der Waals surface area contributed by atoms with Crippen molar-refractivity contribution in [1.82, 2.24) is 0 Å². The molecule has 0 bridgehead atoms. The van der Waals surface area contributed by atoms with Gasteiger partial charge in [-0.05, 0) is 76.4 Å². The highest BCUT2D eigenvalue weighted by Crippen LogP contribution is 2.42. The molecular formula is C24H26N2O6. The van der Waals surface area contributed by atoms with E-state index in [2.05, 4.69) is 0 Å². The van der Waals surface area contributed by atoms with E-state index in [1.165, 1.54) is 12.1 Å². The van der Waals surface area contributed by atoms with Gasteiger partial charge in [-0.15, -0.1) is 0 Å². The Balaban J connectivity index is 2.16. The molecule has 1 N–H and O–H groups in total. The predicted molar refractivity (Wildman–Crippen MR) is 122 cm³/mol. The normalized spacial score (nSPS) is 14.9. The summed E-state index contributed by atoms with van der Waals surface area (Å²) in [6.45, 7) is 11.1. The highest BCUT2D eigenvalue weighted by atomic mass is 16.6. The molecule has 1 aliphatic heterocycles. The Labute approximate surface area is 186 Å². The van der Waals surface area contributed by atoms with Crippen molar-refractivity contribution in [3.63, 3.8) is 0 Å². The molecule has 0 aliphatic carbocycles. The summed E-state index contributed by atoms with van der Waals surface area (Å²) in [5, 5.41) is 20.7. The van der Waals surface area contributed by atoms with Crippen molar-refractivity contribution in [2.45, 2.75) is 52.7 Å². The van der Waals surface area contributed by atoms with Crippen LogP contribution in [0.4, 0.5) is 16.2 Å². The monoisotopic (exact) mass is 438 g/mol. The van der Waals surface area contributed by atoms with Gasteiger partial charge in [0.2, 0.25) is 0 Å². The van der Waals surface area contributed by atoms with Gasteiger partial charge in [-0.2, -0.15) is 0 Å². The molecule has 0 aromatic heterocycles. The van der Waals surface area contributed by atoms with Crippen molar-refractivity contribution in [3.05, 3.63) is 63.7 Å². The molecule has 8 heteroatoms. The summed E-state index contributed by atoms with van der Waals surface area (Å²) in [5.41, 5.74) is 1.48. The number of carbonyl (C=O) groups is 2. The molecule has 1 amide bonds. The first-order valence-electron chi connectivity index (χ1n) is 10.1. The average molecular weight is 438 g/mol. The van der Waals surface area contributed by atoms with Crippen LogP contribution in [-0.4, -0.2) is 33.2 Å². The smallest absolute Gasteiger partial charge is 0.415 e. The molecular weight excluding hydrogens is 412 g/mol. The van der Waals surface area contributed by atoms with E-state index in [0.717, 1.165) is 17.2 Å². The van der Waals surface area contributed by atoms with Crippen LogP contribution in [0.15, 0.2) is 42.5 Å². The van der Waals surface area contributed by atoms with Crippen molar-refractivity contribution < 1.29 is 24.4 Å². The number of benzene rings is 2. The lowest BCUT2D eigenvalue weighted by Crippen LogP contribution is -2.50. The van der Waals surface area contributed by atoms with Gasteiger partial charge in [0.25, 0.3) is 5.69 Å². The SMILES string of the molecule is CC1=CC(C)(C)N(C(=O)OC(C)(C)C)c2ccc(-c3ccc([N+](=O)[O-])cc3C(=O)O)cc21. The second kappa shape index (κ2) is 7.78. The number of non-ortho nitro benzene ring substituents is 1. The number of fused-ring (bicyclic) bond motifs is 1. The zero-order valence-corrected chi connectivity index (χ0v) is 18.9. The Morgan fingerprint density at radius 3 is 2.31 bits per heavy atom. The van der Waals surface area contributed by atoms with Crippen LogP contribution in [0.3, 0.4) is 0 Å². The number of amides is 1. The third-order valence-corrected chi connectivity index (χ3v) is 5.14. The van der Waals surface area contributed by atoms with Crippen molar-refractivity contribution in [2.75, 3.05) is 4.90 Å². The summed E-state index contributed by atoms with van der Waals surface area (Å²) in [5.74, 6) is -1.26. The zero-order chi connectivity index (χ0) is 24.0. The number of carboxylic acids is 1. The third kappa shape index (κ3) is 4.34. The van der Waals surface area contributed by atoms with Gasteiger partial charge in [0.05, 0.1) is 21.7 Å². The molecule has 2 aromatic rings. The van der Waals surface area contributed by atoms with Crippen LogP contribution in [0.25, 0.3) is 16.7 Å². The molecule has 2 aromatic carbocycles. The lowest BCUT2D eigenvalue weighted by Gasteiger charge is -2.41. The van der Waals surface area contributed by atoms with Gasteiger partial charge in [0, 0.05) is 17.7 Å². The fourth-order valence-electron chi connectivity index (χ4n) is 3.91. The second-order valence-corrected chi connectivity index (χ2v) is 9.32. The van der Waals surface area contributed by atoms with Crippen molar-refractivity contribution in [3.8, 4) is 11.1 Å². The minimum absolute atomic E-state index is 0.166. The highest BCUT2D eigenvalue weighted by Gasteiger charge is 2.38. The maximum absolute atomic E-state index is 13.0. The molecule has 1 aliphatic rings. The summed E-state index contributed by atoms with van der Waals surface area (Å²) < 4.78 is 5.62. The van der Waals surface area contributed by atoms with Gasteiger partial charge in [-0.25, -0.2) is 9.59 Å². The van der Waals surface area contributed by atoms with Crippen LogP contribution in [0.2, 0.25) is 0 Å². The summed E-state index contributed by atoms with van der Waals surface area (Å²) in [4.78, 5) is 36.8. The van der Waals surface area contributed by atoms with Crippen molar-refractivity contribution in [2.24, 2.45) is 0 Å². The fraction of sp³-hybridized carbons (Fsp3) is 0.333. The first-order chi connectivity index (χ1) is 14.7. The number of hydrogen-bond acceptors (Lipinski definition) is 5. The maximum atomic E-state index is 13.0. The molecule has 0 fully saturated rings. The summed E-state index contributed by atoms with van der Waals surface area (Å²) >= 11 is 0. The van der Waals surface area contributed by atoms with E-state index in [1.807, 2.05) is 26.8 Å². The number of aromatic carboxylic acids is 1. The van der Waals surface area contributed by atoms with E-state index in [9.17, 15) is 24.8 Å². The van der Waals surface area contributed by atoms with Crippen LogP contribution in [0, 0.1) is 10.1 Å². The Bertz CT molecular complexity index is 1160. The first kappa shape index (κ1) is 23.0. The van der Waals surface area contributed by atoms with E-state index in [4.69, 9.17) is 4.74 Å². The van der Waals surface area contributed by atoms with E-state index < -0.39 is 28.1 Å². The zero-order valence-electron chi connectivity index (χ0n) is 18.9. The molecule has 0 spiro atoms. The summed E-state index contributed by atoms with van der Waals surface area (Å²) in [6.07, 6.45) is 1.47. The van der Waals surface area contributed by atoms with Gasteiger partial charge in [-0.1, -0.05) is 12.1 Å². The molecule has 3 rings (SSSR count). The van der Waals surface area contributed by atoms with Crippen molar-refractivity contribution >= 4 is 29.0 Å². The number of anilines is 1. The topological polar surface area (TPSA) is 110 Å².